The van der Waals surface area contributed by atoms with E-state index in [9.17, 15) is 5.11 Å². The molecule has 0 spiro atoms. The Hall–Kier alpha value is -0.540. The quantitative estimate of drug-likeness (QED) is 0.811. The number of aliphatic hydroxyl groups is 1. The van der Waals surface area contributed by atoms with Crippen molar-refractivity contribution >= 4 is 15.9 Å². The molecule has 1 atom stereocenters. The van der Waals surface area contributed by atoms with E-state index in [1.165, 1.54) is 0 Å². The lowest BCUT2D eigenvalue weighted by atomic mass is 10.1. The van der Waals surface area contributed by atoms with Crippen molar-refractivity contribution in [1.29, 1.82) is 0 Å². The molecule has 0 saturated heterocycles. The molecule has 0 fully saturated rings. The van der Waals surface area contributed by atoms with Crippen LogP contribution >= 0.6 is 15.9 Å². The molecule has 0 bridgehead atoms. The highest BCUT2D eigenvalue weighted by Crippen LogP contribution is 2.24. The molecule has 12 heavy (non-hydrogen) atoms. The molecule has 2 nitrogen and oxygen atoms in total. The summed E-state index contributed by atoms with van der Waals surface area (Å²) in [5.74, 6) is 0.574. The lowest BCUT2D eigenvalue weighted by Crippen LogP contribution is -1.95. The minimum atomic E-state index is -0.575. The van der Waals surface area contributed by atoms with Crippen LogP contribution in [-0.4, -0.2) is 5.11 Å². The van der Waals surface area contributed by atoms with E-state index in [0.29, 0.717) is 16.9 Å². The first kappa shape index (κ1) is 9.55. The highest BCUT2D eigenvalue weighted by Gasteiger charge is 2.11. The van der Waals surface area contributed by atoms with Gasteiger partial charge in [-0.1, -0.05) is 5.57 Å². The zero-order chi connectivity index (χ0) is 9.14. The van der Waals surface area contributed by atoms with Gasteiger partial charge in [0.1, 0.15) is 11.9 Å². The molecule has 0 aliphatic rings. The van der Waals surface area contributed by atoms with Gasteiger partial charge in [0, 0.05) is 6.42 Å². The minimum Gasteiger partial charge on any atom is -0.452 e. The SMILES string of the molecule is C=C(C)CC(O)c1ccc(Br)o1. The largest absolute Gasteiger partial charge is 0.452 e. The van der Waals surface area contributed by atoms with Crippen LogP contribution in [0, 0.1) is 0 Å². The second-order valence-electron chi connectivity index (χ2n) is 2.82. The number of rotatable bonds is 3. The van der Waals surface area contributed by atoms with Crippen LogP contribution in [-0.2, 0) is 0 Å². The van der Waals surface area contributed by atoms with Crippen molar-refractivity contribution in [3.05, 3.63) is 34.7 Å². The molecule has 0 aliphatic carbocycles. The van der Waals surface area contributed by atoms with Crippen LogP contribution in [0.15, 0.2) is 33.4 Å². The maximum absolute atomic E-state index is 9.53. The first-order valence-corrected chi connectivity index (χ1v) is 4.46. The lowest BCUT2D eigenvalue weighted by molar-refractivity contribution is 0.149. The van der Waals surface area contributed by atoms with Crippen LogP contribution in [0.25, 0.3) is 0 Å². The molecule has 1 N–H and O–H groups in total. The molecule has 66 valence electrons. The fourth-order valence-corrected chi connectivity index (χ4v) is 1.26. The summed E-state index contributed by atoms with van der Waals surface area (Å²) in [6, 6.07) is 3.51. The molecule has 0 saturated carbocycles. The van der Waals surface area contributed by atoms with Gasteiger partial charge in [0.05, 0.1) is 0 Å². The van der Waals surface area contributed by atoms with Crippen LogP contribution in [0.2, 0.25) is 0 Å². The topological polar surface area (TPSA) is 33.4 Å². The van der Waals surface area contributed by atoms with E-state index in [2.05, 4.69) is 22.5 Å². The molecule has 1 unspecified atom stereocenters. The van der Waals surface area contributed by atoms with Gasteiger partial charge in [0.25, 0.3) is 0 Å². The standard InChI is InChI=1S/C9H11BrO2/c1-6(2)5-7(11)8-3-4-9(10)12-8/h3-4,7,11H,1,5H2,2H3. The third kappa shape index (κ3) is 2.50. The van der Waals surface area contributed by atoms with Gasteiger partial charge < -0.3 is 9.52 Å². The molecular weight excluding hydrogens is 220 g/mol. The Morgan fingerprint density at radius 2 is 2.42 bits per heavy atom. The van der Waals surface area contributed by atoms with Crippen molar-refractivity contribution in [3.63, 3.8) is 0 Å². The van der Waals surface area contributed by atoms with Crippen molar-refractivity contribution < 1.29 is 9.52 Å². The van der Waals surface area contributed by atoms with E-state index in [-0.39, 0.29) is 0 Å². The van der Waals surface area contributed by atoms with E-state index in [4.69, 9.17) is 4.42 Å². The molecule has 1 heterocycles. The van der Waals surface area contributed by atoms with Crippen molar-refractivity contribution in [1.82, 2.24) is 0 Å². The summed E-state index contributed by atoms with van der Waals surface area (Å²) in [7, 11) is 0. The Kier molecular flexibility index (Phi) is 3.12. The maximum atomic E-state index is 9.53. The van der Waals surface area contributed by atoms with Gasteiger partial charge in [-0.05, 0) is 35.0 Å². The summed E-state index contributed by atoms with van der Waals surface area (Å²) in [6.45, 7) is 5.59. The second kappa shape index (κ2) is 3.92. The van der Waals surface area contributed by atoms with E-state index >= 15 is 0 Å². The Bertz CT molecular complexity index is 278. The number of hydrogen-bond acceptors (Lipinski definition) is 2. The van der Waals surface area contributed by atoms with Crippen LogP contribution < -0.4 is 0 Å². The first-order valence-electron chi connectivity index (χ1n) is 3.67. The molecule has 1 aromatic heterocycles. The smallest absolute Gasteiger partial charge is 0.169 e. The first-order chi connectivity index (χ1) is 5.59. The monoisotopic (exact) mass is 230 g/mol. The molecule has 1 aromatic rings. The van der Waals surface area contributed by atoms with Crippen molar-refractivity contribution in [3.8, 4) is 0 Å². The van der Waals surface area contributed by atoms with Crippen molar-refractivity contribution in [2.45, 2.75) is 19.4 Å². The van der Waals surface area contributed by atoms with Gasteiger partial charge in [-0.15, -0.1) is 6.58 Å². The zero-order valence-corrected chi connectivity index (χ0v) is 8.47. The third-order valence-electron chi connectivity index (χ3n) is 1.46. The summed E-state index contributed by atoms with van der Waals surface area (Å²) in [6.07, 6.45) is -0.0336. The van der Waals surface area contributed by atoms with Gasteiger partial charge in [0.15, 0.2) is 4.67 Å². The van der Waals surface area contributed by atoms with E-state index in [1.54, 1.807) is 12.1 Å². The van der Waals surface area contributed by atoms with Crippen LogP contribution in [0.5, 0.6) is 0 Å². The highest BCUT2D eigenvalue weighted by atomic mass is 79.9. The molecular formula is C9H11BrO2. The molecule has 1 rings (SSSR count). The van der Waals surface area contributed by atoms with Crippen LogP contribution in [0.3, 0.4) is 0 Å². The number of aliphatic hydroxyl groups excluding tert-OH is 1. The van der Waals surface area contributed by atoms with Gasteiger partial charge >= 0.3 is 0 Å². The van der Waals surface area contributed by atoms with Gasteiger partial charge in [-0.25, -0.2) is 0 Å². The molecule has 0 aromatic carbocycles. The normalized spacial score (nSPS) is 12.9. The predicted molar refractivity (Wildman–Crippen MR) is 50.8 cm³/mol. The average molecular weight is 231 g/mol. The van der Waals surface area contributed by atoms with E-state index < -0.39 is 6.10 Å². The number of furan rings is 1. The number of halogens is 1. The maximum Gasteiger partial charge on any atom is 0.169 e. The van der Waals surface area contributed by atoms with E-state index in [0.717, 1.165) is 5.57 Å². The summed E-state index contributed by atoms with van der Waals surface area (Å²) in [5, 5.41) is 9.53. The van der Waals surface area contributed by atoms with E-state index in [1.807, 2.05) is 6.92 Å². The van der Waals surface area contributed by atoms with Gasteiger partial charge in [-0.2, -0.15) is 0 Å². The predicted octanol–water partition coefficient (Wildman–Crippen LogP) is 3.04. The molecule has 0 amide bonds. The molecule has 0 radical (unpaired) electrons. The summed E-state index contributed by atoms with van der Waals surface area (Å²) >= 11 is 3.17. The highest BCUT2D eigenvalue weighted by molar-refractivity contribution is 9.10. The average Bonchev–Trinajstić information content (AvgIpc) is 2.34. The number of hydrogen-bond donors (Lipinski definition) is 1. The zero-order valence-electron chi connectivity index (χ0n) is 6.88. The van der Waals surface area contributed by atoms with Crippen molar-refractivity contribution in [2.24, 2.45) is 0 Å². The van der Waals surface area contributed by atoms with Gasteiger partial charge in [-0.3, -0.25) is 0 Å². The second-order valence-corrected chi connectivity index (χ2v) is 3.60. The molecule has 0 aliphatic heterocycles. The molecule has 3 heteroatoms. The minimum absolute atomic E-state index is 0.542. The summed E-state index contributed by atoms with van der Waals surface area (Å²) < 4.78 is 5.81. The van der Waals surface area contributed by atoms with Crippen LogP contribution in [0.1, 0.15) is 25.2 Å². The Morgan fingerprint density at radius 1 is 1.75 bits per heavy atom. The summed E-state index contributed by atoms with van der Waals surface area (Å²) in [4.78, 5) is 0. The Balaban J connectivity index is 2.64. The summed E-state index contributed by atoms with van der Waals surface area (Å²) in [5.41, 5.74) is 0.940. The third-order valence-corrected chi connectivity index (χ3v) is 1.89. The van der Waals surface area contributed by atoms with Gasteiger partial charge in [0.2, 0.25) is 0 Å². The van der Waals surface area contributed by atoms with Crippen molar-refractivity contribution in [2.75, 3.05) is 0 Å². The van der Waals surface area contributed by atoms with Crippen LogP contribution in [0.4, 0.5) is 0 Å². The Morgan fingerprint density at radius 3 is 2.83 bits per heavy atom. The Labute approximate surface area is 80.0 Å². The lowest BCUT2D eigenvalue weighted by Gasteiger charge is -2.05. The fourth-order valence-electron chi connectivity index (χ4n) is 0.938. The fraction of sp³-hybridized carbons (Fsp3) is 0.333.